The minimum atomic E-state index is 0.0562. The summed E-state index contributed by atoms with van der Waals surface area (Å²) < 4.78 is 4.23. The molecule has 4 aromatic rings. The molecule has 8 nitrogen and oxygen atoms in total. The molecule has 0 spiro atoms. The Balaban J connectivity index is 1.27. The number of aromatic nitrogens is 6. The maximum atomic E-state index is 13.8. The van der Waals surface area contributed by atoms with Crippen molar-refractivity contribution in [3.05, 3.63) is 70.6 Å². The third-order valence-electron chi connectivity index (χ3n) is 7.63. The molecule has 2 aliphatic rings. The molecule has 5 heterocycles. The lowest BCUT2D eigenvalue weighted by molar-refractivity contribution is 0.0705. The number of carbonyl (C=O) groups excluding carboxylic acids is 1. The van der Waals surface area contributed by atoms with Gasteiger partial charge in [0.2, 0.25) is 0 Å². The first-order chi connectivity index (χ1) is 17.6. The summed E-state index contributed by atoms with van der Waals surface area (Å²) in [5.41, 5.74) is 4.66. The molecule has 6 rings (SSSR count). The molecule has 1 amide bonds. The lowest BCUT2D eigenvalue weighted by atomic mass is 9.96. The summed E-state index contributed by atoms with van der Waals surface area (Å²) in [4.78, 5) is 20.6. The van der Waals surface area contributed by atoms with Crippen LogP contribution in [-0.4, -0.2) is 53.4 Å². The summed E-state index contributed by atoms with van der Waals surface area (Å²) >= 11 is 0. The second kappa shape index (κ2) is 9.48. The number of hydrogen-bond acceptors (Lipinski definition) is 5. The average Bonchev–Trinajstić information content (AvgIpc) is 3.40. The van der Waals surface area contributed by atoms with Crippen molar-refractivity contribution in [2.45, 2.75) is 71.4 Å². The van der Waals surface area contributed by atoms with Gasteiger partial charge in [0.1, 0.15) is 11.6 Å². The minimum Gasteiger partial charge on any atom is -0.338 e. The molecule has 1 aromatic carbocycles. The molecule has 0 aliphatic carbocycles. The van der Waals surface area contributed by atoms with Crippen molar-refractivity contribution in [3.63, 3.8) is 0 Å². The number of pyridine rings is 1. The SMILES string of the molecule is Cc1ccc(Cn2ncc3c(C(=O)N4CCCC(c5nnc6n5CCCCC6)C4)cc(C)nc32)cc1. The lowest BCUT2D eigenvalue weighted by Gasteiger charge is -2.32. The number of aryl methyl sites for hydroxylation is 3. The molecule has 186 valence electrons. The molecule has 0 N–H and O–H groups in total. The van der Waals surface area contributed by atoms with Crippen LogP contribution in [0, 0.1) is 13.8 Å². The van der Waals surface area contributed by atoms with Crippen molar-refractivity contribution in [2.24, 2.45) is 0 Å². The van der Waals surface area contributed by atoms with E-state index in [0.29, 0.717) is 18.7 Å². The second-order valence-corrected chi connectivity index (χ2v) is 10.4. The Morgan fingerprint density at radius 1 is 1.03 bits per heavy atom. The number of hydrogen-bond donors (Lipinski definition) is 0. The molecule has 36 heavy (non-hydrogen) atoms. The van der Waals surface area contributed by atoms with Crippen LogP contribution in [0.3, 0.4) is 0 Å². The predicted molar refractivity (Wildman–Crippen MR) is 138 cm³/mol. The van der Waals surface area contributed by atoms with Crippen LogP contribution in [0.4, 0.5) is 0 Å². The van der Waals surface area contributed by atoms with Crippen molar-refractivity contribution in [1.29, 1.82) is 0 Å². The number of piperidine rings is 1. The van der Waals surface area contributed by atoms with Crippen LogP contribution < -0.4 is 0 Å². The Hall–Kier alpha value is -3.55. The van der Waals surface area contributed by atoms with Gasteiger partial charge in [-0.05, 0) is 51.2 Å². The van der Waals surface area contributed by atoms with Crippen LogP contribution in [0.1, 0.15) is 76.8 Å². The monoisotopic (exact) mass is 483 g/mol. The predicted octanol–water partition coefficient (Wildman–Crippen LogP) is 4.43. The molecule has 0 bridgehead atoms. The normalized spacial score (nSPS) is 18.3. The Bertz CT molecular complexity index is 1400. The number of likely N-dealkylation sites (tertiary alicyclic amines) is 1. The first-order valence-corrected chi connectivity index (χ1v) is 13.2. The zero-order chi connectivity index (χ0) is 24.6. The van der Waals surface area contributed by atoms with E-state index in [-0.39, 0.29) is 11.8 Å². The van der Waals surface area contributed by atoms with Crippen molar-refractivity contribution >= 4 is 16.9 Å². The topological polar surface area (TPSA) is 81.7 Å². The quantitative estimate of drug-likeness (QED) is 0.429. The van der Waals surface area contributed by atoms with E-state index >= 15 is 0 Å². The number of nitrogens with zero attached hydrogens (tertiary/aromatic N) is 7. The zero-order valence-corrected chi connectivity index (χ0v) is 21.2. The molecule has 3 aromatic heterocycles. The minimum absolute atomic E-state index is 0.0562. The van der Waals surface area contributed by atoms with Crippen LogP contribution in [0.15, 0.2) is 36.5 Å². The summed E-state index contributed by atoms with van der Waals surface area (Å²) in [5.74, 6) is 2.45. The van der Waals surface area contributed by atoms with Gasteiger partial charge in [-0.1, -0.05) is 36.2 Å². The maximum absolute atomic E-state index is 13.8. The van der Waals surface area contributed by atoms with Crippen LogP contribution in [0.2, 0.25) is 0 Å². The van der Waals surface area contributed by atoms with E-state index in [1.54, 1.807) is 6.20 Å². The summed E-state index contributed by atoms with van der Waals surface area (Å²) in [6.45, 7) is 7.09. The number of rotatable bonds is 4. The van der Waals surface area contributed by atoms with Crippen LogP contribution in [-0.2, 0) is 19.5 Å². The smallest absolute Gasteiger partial charge is 0.254 e. The van der Waals surface area contributed by atoms with E-state index in [2.05, 4.69) is 51.1 Å². The van der Waals surface area contributed by atoms with Gasteiger partial charge in [-0.15, -0.1) is 10.2 Å². The molecule has 0 saturated carbocycles. The van der Waals surface area contributed by atoms with Gasteiger partial charge in [0.15, 0.2) is 5.65 Å². The molecule has 0 radical (unpaired) electrons. The summed E-state index contributed by atoms with van der Waals surface area (Å²) in [7, 11) is 0. The fourth-order valence-corrected chi connectivity index (χ4v) is 5.68. The van der Waals surface area contributed by atoms with Gasteiger partial charge < -0.3 is 9.47 Å². The highest BCUT2D eigenvalue weighted by atomic mass is 16.2. The Kier molecular flexibility index (Phi) is 6.03. The van der Waals surface area contributed by atoms with Crippen LogP contribution in [0.25, 0.3) is 11.0 Å². The molecule has 2 aliphatic heterocycles. The van der Waals surface area contributed by atoms with Gasteiger partial charge in [-0.25, -0.2) is 9.67 Å². The van der Waals surface area contributed by atoms with Gasteiger partial charge in [0, 0.05) is 37.7 Å². The van der Waals surface area contributed by atoms with E-state index in [1.165, 1.54) is 24.8 Å². The molecular weight excluding hydrogens is 450 g/mol. The fourth-order valence-electron chi connectivity index (χ4n) is 5.68. The highest BCUT2D eigenvalue weighted by Gasteiger charge is 2.31. The largest absolute Gasteiger partial charge is 0.338 e. The van der Waals surface area contributed by atoms with Crippen molar-refractivity contribution in [2.75, 3.05) is 13.1 Å². The number of fused-ring (bicyclic) bond motifs is 2. The van der Waals surface area contributed by atoms with E-state index in [4.69, 9.17) is 4.98 Å². The summed E-state index contributed by atoms with van der Waals surface area (Å²) in [6, 6.07) is 10.4. The zero-order valence-electron chi connectivity index (χ0n) is 21.2. The maximum Gasteiger partial charge on any atom is 0.254 e. The molecule has 1 atom stereocenters. The highest BCUT2D eigenvalue weighted by molar-refractivity contribution is 6.05. The summed E-state index contributed by atoms with van der Waals surface area (Å²) in [5, 5.41) is 14.5. The van der Waals surface area contributed by atoms with Crippen LogP contribution in [0.5, 0.6) is 0 Å². The molecule has 8 heteroatoms. The second-order valence-electron chi connectivity index (χ2n) is 10.4. The van der Waals surface area contributed by atoms with E-state index in [9.17, 15) is 4.79 Å². The lowest BCUT2D eigenvalue weighted by Crippen LogP contribution is -2.40. The van der Waals surface area contributed by atoms with Crippen molar-refractivity contribution in [3.8, 4) is 0 Å². The van der Waals surface area contributed by atoms with E-state index in [0.717, 1.165) is 66.3 Å². The highest BCUT2D eigenvalue weighted by Crippen LogP contribution is 2.30. The standard InChI is InChI=1S/C28H33N7O/c1-19-9-11-21(12-10-19)17-35-27-24(16-29-35)23(15-20(2)30-27)28(36)33-13-6-7-22(18-33)26-32-31-25-8-4-3-5-14-34(25)26/h9-12,15-16,22H,3-8,13-14,17-18H2,1-2H3. The van der Waals surface area contributed by atoms with Gasteiger partial charge >= 0.3 is 0 Å². The third-order valence-corrected chi connectivity index (χ3v) is 7.63. The Morgan fingerprint density at radius 3 is 2.75 bits per heavy atom. The third kappa shape index (κ3) is 4.29. The number of carbonyl (C=O) groups is 1. The van der Waals surface area contributed by atoms with E-state index in [1.807, 2.05) is 22.6 Å². The Morgan fingerprint density at radius 2 is 1.89 bits per heavy atom. The van der Waals surface area contributed by atoms with Crippen molar-refractivity contribution < 1.29 is 4.79 Å². The number of amides is 1. The molecule has 1 saturated heterocycles. The molecule has 1 fully saturated rings. The summed E-state index contributed by atoms with van der Waals surface area (Å²) in [6.07, 6.45) is 8.41. The average molecular weight is 484 g/mol. The van der Waals surface area contributed by atoms with E-state index < -0.39 is 0 Å². The Labute approximate surface area is 211 Å². The first kappa shape index (κ1) is 22.9. The fraction of sp³-hybridized carbons (Fsp3) is 0.464. The molecule has 1 unspecified atom stereocenters. The van der Waals surface area contributed by atoms with Crippen molar-refractivity contribution in [1.82, 2.24) is 34.4 Å². The van der Waals surface area contributed by atoms with Gasteiger partial charge in [-0.2, -0.15) is 5.10 Å². The molecular formula is C28H33N7O. The van der Waals surface area contributed by atoms with Gasteiger partial charge in [-0.3, -0.25) is 4.79 Å². The van der Waals surface area contributed by atoms with Gasteiger partial charge in [0.25, 0.3) is 5.91 Å². The van der Waals surface area contributed by atoms with Gasteiger partial charge in [0.05, 0.1) is 23.7 Å². The first-order valence-electron chi connectivity index (χ1n) is 13.2. The number of benzene rings is 1. The van der Waals surface area contributed by atoms with Crippen LogP contribution >= 0.6 is 0 Å².